The zero-order chi connectivity index (χ0) is 22.3. The molecule has 9 heteroatoms. The minimum atomic E-state index is -3.90. The summed E-state index contributed by atoms with van der Waals surface area (Å²) in [7, 11) is -3.90. The van der Waals surface area contributed by atoms with Crippen molar-refractivity contribution in [3.63, 3.8) is 0 Å². The van der Waals surface area contributed by atoms with Crippen LogP contribution in [0.25, 0.3) is 0 Å². The molecule has 0 saturated carbocycles. The Kier molecular flexibility index (Phi) is 5.40. The molecule has 4 atom stereocenters. The van der Waals surface area contributed by atoms with Crippen molar-refractivity contribution in [1.82, 2.24) is 5.43 Å². The largest absolute Gasteiger partial charge is 0.273 e. The molecular weight excluding hydrogens is 418 g/mol. The zero-order valence-electron chi connectivity index (χ0n) is 17.1. The fraction of sp³-hybridized carbons (Fsp3) is 0.318. The van der Waals surface area contributed by atoms with Crippen molar-refractivity contribution in [2.75, 3.05) is 10.8 Å². The molecule has 1 fully saturated rings. The number of hydrogen-bond acceptors (Lipinski definition) is 6. The number of amides is 1. The van der Waals surface area contributed by atoms with E-state index in [9.17, 15) is 23.3 Å². The fourth-order valence-electron chi connectivity index (χ4n) is 4.59. The highest BCUT2D eigenvalue weighted by molar-refractivity contribution is 7.95. The Labute approximate surface area is 180 Å². The molecule has 4 rings (SSSR count). The van der Waals surface area contributed by atoms with Crippen molar-refractivity contribution in [1.29, 1.82) is 0 Å². The van der Waals surface area contributed by atoms with E-state index in [1.54, 1.807) is 42.5 Å². The molecule has 0 bridgehead atoms. The number of hydrogen-bond donors (Lipinski definition) is 1. The molecule has 2 aliphatic heterocycles. The highest BCUT2D eigenvalue weighted by Gasteiger charge is 2.52. The van der Waals surface area contributed by atoms with Gasteiger partial charge in [0.1, 0.15) is 5.75 Å². The molecule has 2 heterocycles. The molecule has 31 heavy (non-hydrogen) atoms. The average Bonchev–Trinajstić information content (AvgIpc) is 3.17. The van der Waals surface area contributed by atoms with Gasteiger partial charge in [0.25, 0.3) is 0 Å². The molecule has 1 saturated heterocycles. The summed E-state index contributed by atoms with van der Waals surface area (Å²) in [6.07, 6.45) is 0. The summed E-state index contributed by atoms with van der Waals surface area (Å²) in [6, 6.07) is 16.3. The van der Waals surface area contributed by atoms with Gasteiger partial charge in [0.2, 0.25) is 11.9 Å². The third kappa shape index (κ3) is 3.64. The van der Waals surface area contributed by atoms with E-state index in [-0.39, 0.29) is 22.4 Å². The summed E-state index contributed by atoms with van der Waals surface area (Å²) in [5, 5.41) is 12.9. The zero-order valence-corrected chi connectivity index (χ0v) is 18.0. The van der Waals surface area contributed by atoms with Gasteiger partial charge in [-0.05, 0) is 31.5 Å². The minimum Gasteiger partial charge on any atom is -0.273 e. The summed E-state index contributed by atoms with van der Waals surface area (Å²) < 4.78 is 26.2. The van der Waals surface area contributed by atoms with Gasteiger partial charge in [0.15, 0.2) is 9.84 Å². The van der Waals surface area contributed by atoms with Gasteiger partial charge in [0.05, 0.1) is 16.5 Å². The normalized spacial score (nSPS) is 26.3. The minimum absolute atomic E-state index is 0.00214. The predicted molar refractivity (Wildman–Crippen MR) is 116 cm³/mol. The van der Waals surface area contributed by atoms with Gasteiger partial charge in [-0.25, -0.2) is 18.9 Å². The molecule has 0 radical (unpaired) electrons. The molecule has 2 aromatic rings. The van der Waals surface area contributed by atoms with E-state index in [2.05, 4.69) is 5.43 Å². The van der Waals surface area contributed by atoms with Gasteiger partial charge >= 0.3 is 0 Å². The number of rotatable bonds is 5. The predicted octanol–water partition coefficient (Wildman–Crippen LogP) is 2.67. The Morgan fingerprint density at radius 1 is 1.10 bits per heavy atom. The third-order valence-electron chi connectivity index (χ3n) is 6.05. The van der Waals surface area contributed by atoms with Crippen molar-refractivity contribution in [3.05, 3.63) is 86.8 Å². The quantitative estimate of drug-likeness (QED) is 0.564. The van der Waals surface area contributed by atoms with Crippen LogP contribution in [0.4, 0.5) is 5.69 Å². The molecule has 162 valence electrons. The highest BCUT2D eigenvalue weighted by Crippen LogP contribution is 2.45. The molecular formula is C22H23N3O5S. The first kappa shape index (κ1) is 21.2. The maximum Gasteiger partial charge on any atom is 0.249 e. The maximum absolute atomic E-state index is 13.5. The van der Waals surface area contributed by atoms with E-state index in [0.717, 1.165) is 0 Å². The van der Waals surface area contributed by atoms with Gasteiger partial charge in [0, 0.05) is 22.5 Å². The van der Waals surface area contributed by atoms with E-state index < -0.39 is 38.4 Å². The van der Waals surface area contributed by atoms with Crippen LogP contribution in [0.15, 0.2) is 71.1 Å². The lowest BCUT2D eigenvalue weighted by molar-refractivity contribution is -0.505. The van der Waals surface area contributed by atoms with E-state index in [4.69, 9.17) is 0 Å². The number of sulfone groups is 1. The van der Waals surface area contributed by atoms with Crippen molar-refractivity contribution in [2.45, 2.75) is 31.8 Å². The second-order valence-electron chi connectivity index (χ2n) is 7.97. The van der Waals surface area contributed by atoms with Crippen molar-refractivity contribution in [2.24, 2.45) is 5.92 Å². The topological polar surface area (TPSA) is 110 Å². The molecule has 0 aromatic heterocycles. The van der Waals surface area contributed by atoms with Crippen LogP contribution in [0.5, 0.6) is 0 Å². The number of carbonyl (C=O) groups excluding carboxylic acids is 1. The monoisotopic (exact) mass is 441 g/mol. The number of carbonyl (C=O) groups is 1. The van der Waals surface area contributed by atoms with Crippen LogP contribution in [0.2, 0.25) is 0 Å². The Bertz CT molecular complexity index is 1150. The number of nitrogens with zero attached hydrogens (tertiary/aromatic N) is 2. The van der Waals surface area contributed by atoms with Gasteiger partial charge in [-0.2, -0.15) is 0 Å². The van der Waals surface area contributed by atoms with Crippen molar-refractivity contribution in [3.8, 4) is 0 Å². The molecule has 8 nitrogen and oxygen atoms in total. The average molecular weight is 442 g/mol. The van der Waals surface area contributed by atoms with Crippen LogP contribution in [-0.2, 0) is 14.6 Å². The van der Waals surface area contributed by atoms with E-state index in [1.807, 2.05) is 25.1 Å². The summed E-state index contributed by atoms with van der Waals surface area (Å²) in [4.78, 5) is 24.5. The first-order chi connectivity index (χ1) is 14.7. The van der Waals surface area contributed by atoms with Crippen molar-refractivity contribution >= 4 is 21.4 Å². The second kappa shape index (κ2) is 7.90. The van der Waals surface area contributed by atoms with Crippen LogP contribution in [0.1, 0.15) is 25.3 Å². The van der Waals surface area contributed by atoms with E-state index >= 15 is 0 Å². The Morgan fingerprint density at radius 2 is 1.68 bits per heavy atom. The van der Waals surface area contributed by atoms with Crippen LogP contribution in [-0.4, -0.2) is 37.1 Å². The number of anilines is 1. The molecule has 0 unspecified atom stereocenters. The Hall–Kier alpha value is -3.04. The summed E-state index contributed by atoms with van der Waals surface area (Å²) in [6.45, 7) is 3.32. The van der Waals surface area contributed by atoms with E-state index in [1.165, 1.54) is 11.9 Å². The van der Waals surface area contributed by atoms with Gasteiger partial charge in [-0.1, -0.05) is 48.5 Å². The van der Waals surface area contributed by atoms with Gasteiger partial charge < -0.3 is 0 Å². The van der Waals surface area contributed by atoms with Crippen LogP contribution in [0, 0.1) is 16.0 Å². The first-order valence-electron chi connectivity index (χ1n) is 9.99. The molecule has 1 N–H and O–H groups in total. The number of nitrogens with one attached hydrogen (secondary N) is 1. The molecule has 0 aliphatic carbocycles. The SMILES string of the molecule is CC1=C([C@H](c2ccccc2)[C@@H]2C(=O)N(c3ccccc3)N[C@H]2C)S(=O)(=O)C[C@H]1[N+](=O)[O-]. The Morgan fingerprint density at radius 3 is 2.23 bits per heavy atom. The molecule has 2 aliphatic rings. The molecule has 1 amide bonds. The van der Waals surface area contributed by atoms with Crippen LogP contribution < -0.4 is 10.4 Å². The first-order valence-corrected chi connectivity index (χ1v) is 11.6. The summed E-state index contributed by atoms with van der Waals surface area (Å²) in [5.74, 6) is -2.41. The fourth-order valence-corrected chi connectivity index (χ4v) is 6.86. The molecule has 0 spiro atoms. The van der Waals surface area contributed by atoms with Gasteiger partial charge in [-0.15, -0.1) is 0 Å². The highest BCUT2D eigenvalue weighted by atomic mass is 32.2. The summed E-state index contributed by atoms with van der Waals surface area (Å²) >= 11 is 0. The number of nitro groups is 1. The van der Waals surface area contributed by atoms with Crippen LogP contribution in [0.3, 0.4) is 0 Å². The van der Waals surface area contributed by atoms with Crippen molar-refractivity contribution < 1.29 is 18.1 Å². The van der Waals surface area contributed by atoms with Crippen LogP contribution >= 0.6 is 0 Å². The second-order valence-corrected chi connectivity index (χ2v) is 9.97. The standard InChI is InChI=1S/C22H23N3O5S/c1-14-18(25(27)28)13-31(29,30)21(14)20(16-9-5-3-6-10-16)19-15(2)23-24(22(19)26)17-11-7-4-8-12-17/h3-12,15,18-20,23H,13H2,1-2H3/t15-,18+,19+,20+/m0/s1. The number of allylic oxidation sites excluding steroid dienone is 1. The maximum atomic E-state index is 13.5. The lowest BCUT2D eigenvalue weighted by atomic mass is 9.80. The smallest absolute Gasteiger partial charge is 0.249 e. The molecule has 2 aromatic carbocycles. The number of benzene rings is 2. The lowest BCUT2D eigenvalue weighted by Crippen LogP contribution is -2.36. The third-order valence-corrected chi connectivity index (χ3v) is 8.05. The van der Waals surface area contributed by atoms with Gasteiger partial charge in [-0.3, -0.25) is 14.9 Å². The van der Waals surface area contributed by atoms with E-state index in [0.29, 0.717) is 11.3 Å². The summed E-state index contributed by atoms with van der Waals surface area (Å²) in [5.41, 5.74) is 4.65. The Balaban J connectivity index is 1.86. The lowest BCUT2D eigenvalue weighted by Gasteiger charge is -2.26. The number of hydrazine groups is 1. The number of para-hydroxylation sites is 1.